The van der Waals surface area contributed by atoms with Crippen LogP contribution in [0.2, 0.25) is 0 Å². The normalized spacial score (nSPS) is 36.3. The van der Waals surface area contributed by atoms with Crippen molar-refractivity contribution in [2.75, 3.05) is 13.2 Å². The van der Waals surface area contributed by atoms with Gasteiger partial charge in [0.05, 0.1) is 19.3 Å². The molecule has 0 bridgehead atoms. The van der Waals surface area contributed by atoms with Gasteiger partial charge in [0.2, 0.25) is 0 Å². The maximum atomic E-state index is 9.42. The second-order valence-corrected chi connectivity index (χ2v) is 8.09. The average Bonchev–Trinajstić information content (AvgIpc) is 2.24. The molecule has 0 amide bonds. The summed E-state index contributed by atoms with van der Waals surface area (Å²) in [5.41, 5.74) is 0.484. The Hall–Kier alpha value is -0.120. The van der Waals surface area contributed by atoms with Crippen molar-refractivity contribution in [2.45, 2.75) is 72.2 Å². The van der Waals surface area contributed by atoms with Crippen LogP contribution < -0.4 is 0 Å². The molecule has 1 aliphatic heterocycles. The van der Waals surface area contributed by atoms with E-state index in [1.807, 2.05) is 0 Å². The maximum Gasteiger partial charge on any atom is 0.169 e. The van der Waals surface area contributed by atoms with E-state index in [0.29, 0.717) is 6.61 Å². The summed E-state index contributed by atoms with van der Waals surface area (Å²) in [5, 5.41) is 9.42. The quantitative estimate of drug-likeness (QED) is 0.836. The van der Waals surface area contributed by atoms with Crippen LogP contribution in [0.15, 0.2) is 0 Å². The van der Waals surface area contributed by atoms with E-state index in [1.165, 1.54) is 6.42 Å². The fraction of sp³-hybridized carbons (Fsp3) is 1.00. The van der Waals surface area contributed by atoms with E-state index in [1.54, 1.807) is 0 Å². The Morgan fingerprint density at radius 1 is 1.05 bits per heavy atom. The van der Waals surface area contributed by atoms with Gasteiger partial charge in [0.25, 0.3) is 0 Å². The molecule has 1 N–H and O–H groups in total. The molecule has 0 radical (unpaired) electrons. The first-order valence-corrected chi connectivity index (χ1v) is 7.64. The third-order valence-corrected chi connectivity index (χ3v) is 4.54. The predicted molar refractivity (Wildman–Crippen MR) is 75.8 cm³/mol. The molecule has 0 aromatic rings. The SMILES string of the molecule is CCC1OC2(CC(C)(C)CC(C)(C)C2)OCC1CO. The van der Waals surface area contributed by atoms with E-state index in [4.69, 9.17) is 9.47 Å². The fourth-order valence-electron chi connectivity index (χ4n) is 4.49. The molecule has 2 aliphatic rings. The van der Waals surface area contributed by atoms with Crippen LogP contribution in [0.4, 0.5) is 0 Å². The summed E-state index contributed by atoms with van der Waals surface area (Å²) in [6.45, 7) is 12.1. The lowest BCUT2D eigenvalue weighted by Crippen LogP contribution is -2.56. The lowest BCUT2D eigenvalue weighted by molar-refractivity contribution is -0.346. The Morgan fingerprint density at radius 3 is 2.11 bits per heavy atom. The molecule has 2 atom stereocenters. The van der Waals surface area contributed by atoms with Crippen molar-refractivity contribution in [2.24, 2.45) is 16.7 Å². The first kappa shape index (κ1) is 15.3. The summed E-state index contributed by atoms with van der Waals surface area (Å²) in [7, 11) is 0. The molecule has 1 heterocycles. The van der Waals surface area contributed by atoms with Gasteiger partial charge in [-0.1, -0.05) is 34.6 Å². The van der Waals surface area contributed by atoms with Gasteiger partial charge in [-0.05, 0) is 23.7 Å². The van der Waals surface area contributed by atoms with Crippen molar-refractivity contribution in [3.63, 3.8) is 0 Å². The monoisotopic (exact) mass is 270 g/mol. The highest BCUT2D eigenvalue weighted by molar-refractivity contribution is 4.96. The number of hydrogen-bond acceptors (Lipinski definition) is 3. The molecule has 1 saturated carbocycles. The summed E-state index contributed by atoms with van der Waals surface area (Å²) < 4.78 is 12.5. The van der Waals surface area contributed by atoms with Crippen molar-refractivity contribution in [3.05, 3.63) is 0 Å². The zero-order valence-electron chi connectivity index (χ0n) is 13.2. The number of rotatable bonds is 2. The van der Waals surface area contributed by atoms with Crippen LogP contribution in [0.1, 0.15) is 60.3 Å². The van der Waals surface area contributed by atoms with Crippen molar-refractivity contribution < 1.29 is 14.6 Å². The first-order chi connectivity index (χ1) is 8.71. The van der Waals surface area contributed by atoms with Gasteiger partial charge in [-0.2, -0.15) is 0 Å². The van der Waals surface area contributed by atoms with Crippen LogP contribution in [-0.2, 0) is 9.47 Å². The van der Waals surface area contributed by atoms with Gasteiger partial charge < -0.3 is 14.6 Å². The molecular formula is C16H30O3. The molecule has 2 unspecified atom stereocenters. The van der Waals surface area contributed by atoms with Gasteiger partial charge in [0.1, 0.15) is 0 Å². The minimum absolute atomic E-state index is 0.128. The van der Waals surface area contributed by atoms with E-state index in [2.05, 4.69) is 34.6 Å². The van der Waals surface area contributed by atoms with Gasteiger partial charge in [-0.15, -0.1) is 0 Å². The van der Waals surface area contributed by atoms with Crippen molar-refractivity contribution in [1.29, 1.82) is 0 Å². The summed E-state index contributed by atoms with van der Waals surface area (Å²) >= 11 is 0. The Morgan fingerprint density at radius 2 is 1.63 bits per heavy atom. The third kappa shape index (κ3) is 3.32. The van der Waals surface area contributed by atoms with E-state index >= 15 is 0 Å². The van der Waals surface area contributed by atoms with E-state index in [9.17, 15) is 5.11 Å². The molecule has 0 aromatic carbocycles. The van der Waals surface area contributed by atoms with Crippen LogP contribution in [0.5, 0.6) is 0 Å². The first-order valence-electron chi connectivity index (χ1n) is 7.64. The molecule has 1 saturated heterocycles. The molecule has 19 heavy (non-hydrogen) atoms. The lowest BCUT2D eigenvalue weighted by atomic mass is 9.62. The number of ether oxygens (including phenoxy) is 2. The van der Waals surface area contributed by atoms with Gasteiger partial charge in [0.15, 0.2) is 5.79 Å². The third-order valence-electron chi connectivity index (χ3n) is 4.54. The minimum atomic E-state index is -0.433. The summed E-state index contributed by atoms with van der Waals surface area (Å²) in [6, 6.07) is 0. The summed E-state index contributed by atoms with van der Waals surface area (Å²) in [4.78, 5) is 0. The van der Waals surface area contributed by atoms with Crippen LogP contribution in [0, 0.1) is 16.7 Å². The standard InChI is InChI=1S/C16H30O3/c1-6-13-12(7-17)8-18-16(19-13)10-14(2,3)9-15(4,5)11-16/h12-13,17H,6-11H2,1-5H3. The molecular weight excluding hydrogens is 240 g/mol. The average molecular weight is 270 g/mol. The van der Waals surface area contributed by atoms with Crippen LogP contribution >= 0.6 is 0 Å². The highest BCUT2D eigenvalue weighted by Gasteiger charge is 2.52. The van der Waals surface area contributed by atoms with Crippen molar-refractivity contribution in [3.8, 4) is 0 Å². The Kier molecular flexibility index (Phi) is 4.03. The summed E-state index contributed by atoms with van der Waals surface area (Å²) in [5.74, 6) is -0.304. The highest BCUT2D eigenvalue weighted by Crippen LogP contribution is 2.53. The van der Waals surface area contributed by atoms with Crippen LogP contribution in [-0.4, -0.2) is 30.2 Å². The maximum absolute atomic E-state index is 9.42. The van der Waals surface area contributed by atoms with Crippen LogP contribution in [0.25, 0.3) is 0 Å². The van der Waals surface area contributed by atoms with Crippen LogP contribution in [0.3, 0.4) is 0 Å². The summed E-state index contributed by atoms with van der Waals surface area (Å²) in [6.07, 6.45) is 4.19. The Bertz CT molecular complexity index is 306. The second-order valence-electron chi connectivity index (χ2n) is 8.09. The molecule has 3 nitrogen and oxygen atoms in total. The lowest BCUT2D eigenvalue weighted by Gasteiger charge is -2.55. The Balaban J connectivity index is 2.18. The zero-order valence-corrected chi connectivity index (χ0v) is 13.2. The predicted octanol–water partition coefficient (Wildman–Crippen LogP) is 3.35. The Labute approximate surface area is 117 Å². The molecule has 112 valence electrons. The minimum Gasteiger partial charge on any atom is -0.396 e. The molecule has 1 spiro atoms. The molecule has 1 aliphatic carbocycles. The van der Waals surface area contributed by atoms with E-state index in [0.717, 1.165) is 19.3 Å². The second kappa shape index (κ2) is 5.01. The molecule has 2 fully saturated rings. The highest BCUT2D eigenvalue weighted by atomic mass is 16.7. The number of hydrogen-bond donors (Lipinski definition) is 1. The van der Waals surface area contributed by atoms with E-state index < -0.39 is 5.79 Å². The van der Waals surface area contributed by atoms with Crippen molar-refractivity contribution in [1.82, 2.24) is 0 Å². The smallest absolute Gasteiger partial charge is 0.169 e. The van der Waals surface area contributed by atoms with E-state index in [-0.39, 0.29) is 29.5 Å². The van der Waals surface area contributed by atoms with Gasteiger partial charge in [0, 0.05) is 18.8 Å². The molecule has 0 aromatic heterocycles. The fourth-order valence-corrected chi connectivity index (χ4v) is 4.49. The van der Waals surface area contributed by atoms with Gasteiger partial charge >= 0.3 is 0 Å². The molecule has 3 heteroatoms. The zero-order chi connectivity index (χ0) is 14.3. The molecule has 2 rings (SSSR count). The van der Waals surface area contributed by atoms with Crippen molar-refractivity contribution >= 4 is 0 Å². The van der Waals surface area contributed by atoms with Gasteiger partial charge in [-0.3, -0.25) is 0 Å². The number of aliphatic hydroxyl groups is 1. The number of aliphatic hydroxyl groups excluding tert-OH is 1. The largest absolute Gasteiger partial charge is 0.396 e. The topological polar surface area (TPSA) is 38.7 Å². The van der Waals surface area contributed by atoms with Gasteiger partial charge in [-0.25, -0.2) is 0 Å².